The van der Waals surface area contributed by atoms with Crippen molar-refractivity contribution < 1.29 is 33.6 Å². The standard InChI is InChI=1S/C27H33NO7/c1-7-35-21-11-8-17(15-22(21)34-6)24-23(26(30)27(31)28(24)12-13-32-4)25(29)18-9-10-20(33-5)19(14-18)16(2)3/h8-11,14-16,24,29H,7,12-13H2,1-6H3/b25-23+. The van der Waals surface area contributed by atoms with Crippen LogP contribution in [-0.2, 0) is 14.3 Å². The summed E-state index contributed by atoms with van der Waals surface area (Å²) in [5.41, 5.74) is 1.93. The minimum atomic E-state index is -0.820. The number of Topliss-reactive ketones (excluding diaryl/α,β-unsaturated/α-hetero) is 1. The average molecular weight is 484 g/mol. The van der Waals surface area contributed by atoms with Crippen LogP contribution >= 0.6 is 0 Å². The smallest absolute Gasteiger partial charge is 0.295 e. The number of rotatable bonds is 10. The minimum absolute atomic E-state index is 0.0113. The van der Waals surface area contributed by atoms with E-state index in [1.54, 1.807) is 43.5 Å². The minimum Gasteiger partial charge on any atom is -0.507 e. The Kier molecular flexibility index (Phi) is 8.40. The number of hydrogen-bond acceptors (Lipinski definition) is 7. The Morgan fingerprint density at radius 2 is 1.69 bits per heavy atom. The van der Waals surface area contributed by atoms with E-state index in [1.165, 1.54) is 19.1 Å². The van der Waals surface area contributed by atoms with Crippen molar-refractivity contribution in [2.75, 3.05) is 41.1 Å². The largest absolute Gasteiger partial charge is 0.507 e. The van der Waals surface area contributed by atoms with Crippen LogP contribution in [0, 0.1) is 0 Å². The third-order valence-corrected chi connectivity index (χ3v) is 6.00. The summed E-state index contributed by atoms with van der Waals surface area (Å²) in [7, 11) is 4.63. The molecule has 0 saturated carbocycles. The average Bonchev–Trinajstić information content (AvgIpc) is 3.11. The molecular weight excluding hydrogens is 450 g/mol. The lowest BCUT2D eigenvalue weighted by Crippen LogP contribution is -2.32. The third kappa shape index (κ3) is 5.12. The molecule has 1 heterocycles. The maximum Gasteiger partial charge on any atom is 0.295 e. The normalized spacial score (nSPS) is 17.2. The highest BCUT2D eigenvalue weighted by molar-refractivity contribution is 6.46. The van der Waals surface area contributed by atoms with Crippen LogP contribution in [0.2, 0.25) is 0 Å². The molecule has 1 atom stereocenters. The number of ketones is 1. The van der Waals surface area contributed by atoms with Gasteiger partial charge in [0.15, 0.2) is 11.5 Å². The molecule has 2 aromatic rings. The van der Waals surface area contributed by atoms with Crippen LogP contribution in [0.3, 0.4) is 0 Å². The summed E-state index contributed by atoms with van der Waals surface area (Å²) >= 11 is 0. The lowest BCUT2D eigenvalue weighted by Gasteiger charge is -2.26. The molecule has 0 aromatic heterocycles. The number of carbonyl (C=O) groups excluding carboxylic acids is 2. The van der Waals surface area contributed by atoms with Gasteiger partial charge in [0.2, 0.25) is 0 Å². The van der Waals surface area contributed by atoms with Gasteiger partial charge >= 0.3 is 0 Å². The van der Waals surface area contributed by atoms with Crippen molar-refractivity contribution in [3.05, 3.63) is 58.7 Å². The van der Waals surface area contributed by atoms with Gasteiger partial charge in [-0.15, -0.1) is 0 Å². The van der Waals surface area contributed by atoms with Crippen LogP contribution in [0.15, 0.2) is 42.0 Å². The van der Waals surface area contributed by atoms with E-state index in [0.717, 1.165) is 5.56 Å². The highest BCUT2D eigenvalue weighted by atomic mass is 16.5. The van der Waals surface area contributed by atoms with Crippen molar-refractivity contribution >= 4 is 17.4 Å². The van der Waals surface area contributed by atoms with Crippen LogP contribution in [0.4, 0.5) is 0 Å². The molecule has 1 amide bonds. The molecule has 3 rings (SSSR count). The van der Waals surface area contributed by atoms with E-state index in [9.17, 15) is 14.7 Å². The molecule has 8 nitrogen and oxygen atoms in total. The summed E-state index contributed by atoms with van der Waals surface area (Å²) in [6, 6.07) is 9.63. The van der Waals surface area contributed by atoms with Gasteiger partial charge in [0.25, 0.3) is 11.7 Å². The van der Waals surface area contributed by atoms with Crippen LogP contribution in [0.1, 0.15) is 49.4 Å². The molecule has 1 saturated heterocycles. The van der Waals surface area contributed by atoms with Gasteiger partial charge in [-0.2, -0.15) is 0 Å². The van der Waals surface area contributed by atoms with E-state index < -0.39 is 17.7 Å². The zero-order valence-electron chi connectivity index (χ0n) is 21.1. The van der Waals surface area contributed by atoms with E-state index in [0.29, 0.717) is 35.0 Å². The highest BCUT2D eigenvalue weighted by Crippen LogP contribution is 2.42. The number of amides is 1. The van der Waals surface area contributed by atoms with E-state index in [1.807, 2.05) is 20.8 Å². The fourth-order valence-electron chi connectivity index (χ4n) is 4.26. The molecule has 1 aliphatic heterocycles. The SMILES string of the molecule is CCOc1ccc(C2/C(=C(\O)c3ccc(OC)c(C(C)C)c3)C(=O)C(=O)N2CCOC)cc1OC. The Bertz CT molecular complexity index is 1120. The van der Waals surface area contributed by atoms with Crippen LogP contribution in [0.25, 0.3) is 5.76 Å². The van der Waals surface area contributed by atoms with Gasteiger partial charge in [-0.05, 0) is 54.3 Å². The Morgan fingerprint density at radius 1 is 1.00 bits per heavy atom. The Labute approximate surface area is 206 Å². The van der Waals surface area contributed by atoms with Gasteiger partial charge < -0.3 is 29.0 Å². The second-order valence-electron chi connectivity index (χ2n) is 8.44. The van der Waals surface area contributed by atoms with E-state index in [4.69, 9.17) is 18.9 Å². The Morgan fingerprint density at radius 3 is 2.29 bits per heavy atom. The predicted octanol–water partition coefficient (Wildman–Crippen LogP) is 4.29. The molecule has 0 spiro atoms. The van der Waals surface area contributed by atoms with Crippen LogP contribution in [-0.4, -0.2) is 62.8 Å². The van der Waals surface area contributed by atoms with E-state index in [2.05, 4.69) is 0 Å². The summed E-state index contributed by atoms with van der Waals surface area (Å²) in [6.07, 6.45) is 0. The first-order valence-electron chi connectivity index (χ1n) is 11.5. The molecule has 0 aliphatic carbocycles. The Balaban J connectivity index is 2.21. The summed E-state index contributed by atoms with van der Waals surface area (Å²) in [6.45, 7) is 6.76. The highest BCUT2D eigenvalue weighted by Gasteiger charge is 2.46. The molecule has 1 N–H and O–H groups in total. The molecule has 0 bridgehead atoms. The topological polar surface area (TPSA) is 94.5 Å². The summed E-state index contributed by atoms with van der Waals surface area (Å²) < 4.78 is 21.7. The van der Waals surface area contributed by atoms with Crippen molar-refractivity contribution in [2.45, 2.75) is 32.7 Å². The second kappa shape index (κ2) is 11.3. The second-order valence-corrected chi connectivity index (χ2v) is 8.44. The maximum atomic E-state index is 13.2. The number of methoxy groups -OCH3 is 3. The van der Waals surface area contributed by atoms with Crippen molar-refractivity contribution in [3.8, 4) is 17.2 Å². The fourth-order valence-corrected chi connectivity index (χ4v) is 4.26. The molecule has 35 heavy (non-hydrogen) atoms. The number of nitrogens with zero attached hydrogens (tertiary/aromatic N) is 1. The molecule has 2 aromatic carbocycles. The van der Waals surface area contributed by atoms with Crippen molar-refractivity contribution in [3.63, 3.8) is 0 Å². The number of ether oxygens (including phenoxy) is 4. The van der Waals surface area contributed by atoms with Crippen LogP contribution < -0.4 is 14.2 Å². The molecule has 0 radical (unpaired) electrons. The number of hydrogen-bond donors (Lipinski definition) is 1. The lowest BCUT2D eigenvalue weighted by atomic mass is 9.93. The maximum absolute atomic E-state index is 13.2. The predicted molar refractivity (Wildman–Crippen MR) is 132 cm³/mol. The quantitative estimate of drug-likeness (QED) is 0.306. The summed E-state index contributed by atoms with van der Waals surface area (Å²) in [4.78, 5) is 27.7. The zero-order chi connectivity index (χ0) is 25.7. The molecule has 8 heteroatoms. The van der Waals surface area contributed by atoms with Gasteiger partial charge in [-0.3, -0.25) is 9.59 Å². The number of carbonyl (C=O) groups is 2. The molecule has 1 unspecified atom stereocenters. The van der Waals surface area contributed by atoms with Crippen molar-refractivity contribution in [1.29, 1.82) is 0 Å². The van der Waals surface area contributed by atoms with Gasteiger partial charge in [0.1, 0.15) is 11.5 Å². The van der Waals surface area contributed by atoms with Gasteiger partial charge in [0, 0.05) is 19.2 Å². The van der Waals surface area contributed by atoms with Crippen molar-refractivity contribution in [2.24, 2.45) is 0 Å². The first-order valence-corrected chi connectivity index (χ1v) is 11.5. The van der Waals surface area contributed by atoms with Gasteiger partial charge in [-0.25, -0.2) is 0 Å². The molecule has 1 fully saturated rings. The van der Waals surface area contributed by atoms with E-state index >= 15 is 0 Å². The number of benzene rings is 2. The first-order chi connectivity index (χ1) is 16.8. The molecule has 188 valence electrons. The number of aliphatic hydroxyl groups excluding tert-OH is 1. The summed E-state index contributed by atoms with van der Waals surface area (Å²) in [5, 5.41) is 11.4. The third-order valence-electron chi connectivity index (χ3n) is 6.00. The monoisotopic (exact) mass is 483 g/mol. The first kappa shape index (κ1) is 26.1. The zero-order valence-corrected chi connectivity index (χ0v) is 21.1. The van der Waals surface area contributed by atoms with E-state index in [-0.39, 0.29) is 30.4 Å². The Hall–Kier alpha value is -3.52. The summed E-state index contributed by atoms with van der Waals surface area (Å²) in [5.74, 6) is 0.124. The fraction of sp³-hybridized carbons (Fsp3) is 0.407. The molecule has 1 aliphatic rings. The van der Waals surface area contributed by atoms with Crippen molar-refractivity contribution in [1.82, 2.24) is 4.90 Å². The van der Waals surface area contributed by atoms with Gasteiger partial charge in [0.05, 0.1) is 39.0 Å². The van der Waals surface area contributed by atoms with Gasteiger partial charge in [-0.1, -0.05) is 19.9 Å². The van der Waals surface area contributed by atoms with Crippen LogP contribution in [0.5, 0.6) is 17.2 Å². The molecular formula is C27H33NO7. The number of aliphatic hydroxyl groups is 1. The lowest BCUT2D eigenvalue weighted by molar-refractivity contribution is -0.140. The number of likely N-dealkylation sites (tertiary alicyclic amines) is 1.